The quantitative estimate of drug-likeness (QED) is 0.687. The molecule has 3 nitrogen and oxygen atoms in total. The van der Waals surface area contributed by atoms with E-state index in [1.807, 2.05) is 4.90 Å². The van der Waals surface area contributed by atoms with E-state index < -0.39 is 0 Å². The van der Waals surface area contributed by atoms with Gasteiger partial charge in [-0.1, -0.05) is 20.8 Å². The van der Waals surface area contributed by atoms with Crippen LogP contribution in [0.2, 0.25) is 0 Å². The van der Waals surface area contributed by atoms with Crippen LogP contribution in [0.5, 0.6) is 0 Å². The summed E-state index contributed by atoms with van der Waals surface area (Å²) in [7, 11) is 0. The highest BCUT2D eigenvalue weighted by Gasteiger charge is 2.26. The van der Waals surface area contributed by atoms with Gasteiger partial charge in [0.1, 0.15) is 0 Å². The lowest BCUT2D eigenvalue weighted by molar-refractivity contribution is -0.135. The van der Waals surface area contributed by atoms with Crippen LogP contribution in [0.4, 0.5) is 0 Å². The van der Waals surface area contributed by atoms with Crippen LogP contribution < -0.4 is 5.32 Å². The van der Waals surface area contributed by atoms with Crippen molar-refractivity contribution in [2.45, 2.75) is 40.2 Å². The molecule has 1 heterocycles. The Morgan fingerprint density at radius 2 is 2.14 bits per heavy atom. The fraction of sp³-hybridized carbons (Fsp3) is 0.909. The second kappa shape index (κ2) is 4.30. The highest BCUT2D eigenvalue weighted by atomic mass is 16.2. The van der Waals surface area contributed by atoms with Crippen molar-refractivity contribution in [3.8, 4) is 0 Å². The molecule has 1 rings (SSSR count). The first-order chi connectivity index (χ1) is 6.40. The number of amides is 1. The van der Waals surface area contributed by atoms with Gasteiger partial charge in [-0.05, 0) is 12.3 Å². The number of piperazine rings is 1. The van der Waals surface area contributed by atoms with Crippen LogP contribution in [0.25, 0.3) is 0 Å². The summed E-state index contributed by atoms with van der Waals surface area (Å²) in [6, 6.07) is 0.346. The van der Waals surface area contributed by atoms with Crippen LogP contribution in [-0.4, -0.2) is 36.5 Å². The topological polar surface area (TPSA) is 32.3 Å². The highest BCUT2D eigenvalue weighted by molar-refractivity contribution is 5.77. The predicted molar refractivity (Wildman–Crippen MR) is 58.1 cm³/mol. The van der Waals surface area contributed by atoms with Crippen molar-refractivity contribution in [3.05, 3.63) is 0 Å². The molecule has 0 aromatic carbocycles. The molecule has 82 valence electrons. The van der Waals surface area contributed by atoms with E-state index in [1.165, 1.54) is 0 Å². The zero-order valence-electron chi connectivity index (χ0n) is 9.76. The molecule has 1 fully saturated rings. The van der Waals surface area contributed by atoms with Gasteiger partial charge in [0, 0.05) is 32.1 Å². The van der Waals surface area contributed by atoms with Gasteiger partial charge in [-0.2, -0.15) is 0 Å². The molecule has 3 heteroatoms. The minimum atomic E-state index is 0.0989. The van der Waals surface area contributed by atoms with E-state index >= 15 is 0 Å². The molecule has 0 aromatic heterocycles. The van der Waals surface area contributed by atoms with Crippen molar-refractivity contribution in [2.24, 2.45) is 5.41 Å². The van der Waals surface area contributed by atoms with E-state index in [2.05, 4.69) is 33.0 Å². The summed E-state index contributed by atoms with van der Waals surface area (Å²) < 4.78 is 0. The molecule has 0 saturated carbocycles. The number of nitrogens with zero attached hydrogens (tertiary/aromatic N) is 1. The Hall–Kier alpha value is -0.570. The molecular formula is C11H22N2O. The molecule has 1 amide bonds. The van der Waals surface area contributed by atoms with Crippen molar-refractivity contribution in [2.75, 3.05) is 19.6 Å². The van der Waals surface area contributed by atoms with Gasteiger partial charge in [0.15, 0.2) is 0 Å². The summed E-state index contributed by atoms with van der Waals surface area (Å²) in [6.07, 6.45) is 0.650. The van der Waals surface area contributed by atoms with E-state index in [1.54, 1.807) is 0 Å². The molecule has 0 bridgehead atoms. The van der Waals surface area contributed by atoms with Crippen LogP contribution in [-0.2, 0) is 4.79 Å². The molecule has 0 aromatic rings. The highest BCUT2D eigenvalue weighted by Crippen LogP contribution is 2.20. The molecule has 14 heavy (non-hydrogen) atoms. The first kappa shape index (κ1) is 11.5. The van der Waals surface area contributed by atoms with E-state index in [9.17, 15) is 4.79 Å². The van der Waals surface area contributed by atoms with Crippen molar-refractivity contribution in [3.63, 3.8) is 0 Å². The number of carbonyl (C=O) groups is 1. The molecule has 0 aliphatic carbocycles. The normalized spacial score (nSPS) is 23.7. The van der Waals surface area contributed by atoms with E-state index in [0.29, 0.717) is 18.4 Å². The molecule has 0 radical (unpaired) electrons. The zero-order chi connectivity index (χ0) is 10.8. The maximum absolute atomic E-state index is 11.9. The second-order valence-corrected chi connectivity index (χ2v) is 5.38. The maximum Gasteiger partial charge on any atom is 0.223 e. The van der Waals surface area contributed by atoms with Gasteiger partial charge in [-0.15, -0.1) is 0 Å². The van der Waals surface area contributed by atoms with Gasteiger partial charge in [0.05, 0.1) is 0 Å². The van der Waals surface area contributed by atoms with Gasteiger partial charge in [-0.3, -0.25) is 4.79 Å². The Morgan fingerprint density at radius 3 is 2.64 bits per heavy atom. The van der Waals surface area contributed by atoms with Crippen molar-refractivity contribution in [1.82, 2.24) is 10.2 Å². The average molecular weight is 198 g/mol. The van der Waals surface area contributed by atoms with Gasteiger partial charge in [0.2, 0.25) is 5.91 Å². The third-order valence-electron chi connectivity index (χ3n) is 2.50. The average Bonchev–Trinajstić information content (AvgIpc) is 2.01. The SMILES string of the molecule is CC1CNCCN1C(=O)CC(C)(C)C. The van der Waals surface area contributed by atoms with Crippen LogP contribution in [0, 0.1) is 5.41 Å². The third-order valence-corrected chi connectivity index (χ3v) is 2.50. The Bertz CT molecular complexity index is 208. The Morgan fingerprint density at radius 1 is 1.50 bits per heavy atom. The summed E-state index contributed by atoms with van der Waals surface area (Å²) >= 11 is 0. The second-order valence-electron chi connectivity index (χ2n) is 5.38. The summed E-state index contributed by atoms with van der Waals surface area (Å²) in [5.41, 5.74) is 0.0989. The molecule has 1 saturated heterocycles. The van der Waals surface area contributed by atoms with Crippen molar-refractivity contribution in [1.29, 1.82) is 0 Å². The first-order valence-electron chi connectivity index (χ1n) is 5.40. The van der Waals surface area contributed by atoms with Crippen LogP contribution in [0.1, 0.15) is 34.1 Å². The molecule has 1 N–H and O–H groups in total. The molecule has 1 aliphatic heterocycles. The first-order valence-corrected chi connectivity index (χ1v) is 5.40. The smallest absolute Gasteiger partial charge is 0.223 e. The van der Waals surface area contributed by atoms with Gasteiger partial charge in [-0.25, -0.2) is 0 Å². The van der Waals surface area contributed by atoms with Crippen LogP contribution >= 0.6 is 0 Å². The van der Waals surface area contributed by atoms with Crippen LogP contribution in [0.3, 0.4) is 0 Å². The fourth-order valence-electron chi connectivity index (χ4n) is 1.77. The monoisotopic (exact) mass is 198 g/mol. The lowest BCUT2D eigenvalue weighted by atomic mass is 9.91. The van der Waals surface area contributed by atoms with Crippen LogP contribution in [0.15, 0.2) is 0 Å². The lowest BCUT2D eigenvalue weighted by Gasteiger charge is -2.35. The summed E-state index contributed by atoms with van der Waals surface area (Å²) in [6.45, 7) is 11.1. The number of hydrogen-bond acceptors (Lipinski definition) is 2. The van der Waals surface area contributed by atoms with Crippen molar-refractivity contribution >= 4 is 5.91 Å². The van der Waals surface area contributed by atoms with Gasteiger partial charge >= 0.3 is 0 Å². The number of carbonyl (C=O) groups excluding carboxylic acids is 1. The Balaban J connectivity index is 2.50. The van der Waals surface area contributed by atoms with Gasteiger partial charge < -0.3 is 10.2 Å². The lowest BCUT2D eigenvalue weighted by Crippen LogP contribution is -2.52. The molecular weight excluding hydrogens is 176 g/mol. The number of hydrogen-bond donors (Lipinski definition) is 1. The third kappa shape index (κ3) is 3.29. The van der Waals surface area contributed by atoms with E-state index in [-0.39, 0.29) is 5.41 Å². The molecule has 0 spiro atoms. The maximum atomic E-state index is 11.9. The molecule has 1 atom stereocenters. The minimum Gasteiger partial charge on any atom is -0.337 e. The van der Waals surface area contributed by atoms with E-state index in [0.717, 1.165) is 19.6 Å². The van der Waals surface area contributed by atoms with Crippen molar-refractivity contribution < 1.29 is 4.79 Å². The standard InChI is InChI=1S/C11H22N2O/c1-9-8-12-5-6-13(9)10(14)7-11(2,3)4/h9,12H,5-8H2,1-4H3. The zero-order valence-corrected chi connectivity index (χ0v) is 9.76. The summed E-state index contributed by atoms with van der Waals surface area (Å²) in [5.74, 6) is 0.298. The number of nitrogens with one attached hydrogen (secondary N) is 1. The largest absolute Gasteiger partial charge is 0.337 e. The van der Waals surface area contributed by atoms with Gasteiger partial charge in [0.25, 0.3) is 0 Å². The fourth-order valence-corrected chi connectivity index (χ4v) is 1.77. The Labute approximate surface area is 86.9 Å². The summed E-state index contributed by atoms with van der Waals surface area (Å²) in [4.78, 5) is 13.9. The number of rotatable bonds is 1. The minimum absolute atomic E-state index is 0.0989. The molecule has 1 aliphatic rings. The predicted octanol–water partition coefficient (Wildman–Crippen LogP) is 1.24. The molecule has 1 unspecified atom stereocenters. The van der Waals surface area contributed by atoms with E-state index in [4.69, 9.17) is 0 Å². The Kier molecular flexibility index (Phi) is 3.53. The summed E-state index contributed by atoms with van der Waals surface area (Å²) in [5, 5.41) is 3.29.